The molecule has 1 aliphatic carbocycles. The molecule has 6 rings (SSSR count). The summed E-state index contributed by atoms with van der Waals surface area (Å²) in [5, 5.41) is 2.40. The van der Waals surface area contributed by atoms with Crippen molar-refractivity contribution in [1.82, 2.24) is 4.98 Å². The van der Waals surface area contributed by atoms with Crippen molar-refractivity contribution in [3.8, 4) is 22.3 Å². The van der Waals surface area contributed by atoms with Crippen molar-refractivity contribution in [3.63, 3.8) is 0 Å². The first-order valence-electron chi connectivity index (χ1n) is 10.6. The predicted octanol–water partition coefficient (Wildman–Crippen LogP) is 7.56. The van der Waals surface area contributed by atoms with E-state index in [0.29, 0.717) is 0 Å². The van der Waals surface area contributed by atoms with E-state index in [4.69, 9.17) is 4.98 Å². The number of hydrogen-bond donors (Lipinski definition) is 0. The molecule has 5 aromatic rings. The third kappa shape index (κ3) is 2.59. The second kappa shape index (κ2) is 6.27. The molecule has 1 aromatic heterocycles. The monoisotopic (exact) mass is 385 g/mol. The fourth-order valence-electron chi connectivity index (χ4n) is 4.99. The van der Waals surface area contributed by atoms with Crippen molar-refractivity contribution in [2.45, 2.75) is 25.7 Å². The molecule has 1 nitrogen and oxygen atoms in total. The minimum absolute atomic E-state index is 0.252. The Hall–Kier alpha value is -3.45. The fourth-order valence-corrected chi connectivity index (χ4v) is 4.99. The molecule has 0 spiro atoms. The second-order valence-corrected chi connectivity index (χ2v) is 9.03. The third-order valence-electron chi connectivity index (χ3n) is 6.59. The Balaban J connectivity index is 1.51. The van der Waals surface area contributed by atoms with Crippen LogP contribution < -0.4 is 0 Å². The van der Waals surface area contributed by atoms with Crippen LogP contribution in [0.4, 0.5) is 0 Å². The molecular formula is C29H23N. The van der Waals surface area contributed by atoms with Crippen LogP contribution in [-0.2, 0) is 11.8 Å². The zero-order chi connectivity index (χ0) is 20.3. The van der Waals surface area contributed by atoms with Gasteiger partial charge in [-0.1, -0.05) is 92.7 Å². The van der Waals surface area contributed by atoms with Crippen molar-refractivity contribution in [1.29, 1.82) is 0 Å². The molecule has 4 aromatic carbocycles. The van der Waals surface area contributed by atoms with Gasteiger partial charge < -0.3 is 0 Å². The predicted molar refractivity (Wildman–Crippen MR) is 127 cm³/mol. The zero-order valence-electron chi connectivity index (χ0n) is 17.3. The summed E-state index contributed by atoms with van der Waals surface area (Å²) >= 11 is 0. The standard InChI is InChI=1S/C29H23N/c1-29(2)18-21-17-22(29)15-16-23(21)19-11-13-20(14-12-19)28-24-7-3-5-9-26(24)30-27-10-6-4-8-25(27)28/h3-17H,18H2,1-2H3. The topological polar surface area (TPSA) is 12.9 Å². The summed E-state index contributed by atoms with van der Waals surface area (Å²) in [6, 6.07) is 32.9. The maximum Gasteiger partial charge on any atom is 0.0715 e. The number of pyridine rings is 1. The Bertz CT molecular complexity index is 1370. The highest BCUT2D eigenvalue weighted by Gasteiger charge is 2.29. The lowest BCUT2D eigenvalue weighted by Crippen LogP contribution is -2.13. The Labute approximate surface area is 177 Å². The van der Waals surface area contributed by atoms with E-state index < -0.39 is 0 Å². The van der Waals surface area contributed by atoms with Crippen molar-refractivity contribution < 1.29 is 0 Å². The van der Waals surface area contributed by atoms with Crippen molar-refractivity contribution >= 4 is 21.8 Å². The van der Waals surface area contributed by atoms with Crippen LogP contribution in [0.1, 0.15) is 25.0 Å². The minimum atomic E-state index is 0.252. The zero-order valence-corrected chi connectivity index (χ0v) is 17.3. The highest BCUT2D eigenvalue weighted by molar-refractivity contribution is 6.09. The van der Waals surface area contributed by atoms with E-state index in [1.165, 1.54) is 44.2 Å². The van der Waals surface area contributed by atoms with Gasteiger partial charge >= 0.3 is 0 Å². The van der Waals surface area contributed by atoms with Gasteiger partial charge in [-0.25, -0.2) is 4.98 Å². The number of fused-ring (bicyclic) bond motifs is 4. The maximum absolute atomic E-state index is 4.87. The summed E-state index contributed by atoms with van der Waals surface area (Å²) in [4.78, 5) is 4.87. The van der Waals surface area contributed by atoms with E-state index in [0.717, 1.165) is 17.5 Å². The molecule has 0 aliphatic heterocycles. The van der Waals surface area contributed by atoms with Gasteiger partial charge in [-0.05, 0) is 51.8 Å². The quantitative estimate of drug-likeness (QED) is 0.286. The molecule has 1 heterocycles. The molecule has 2 bridgehead atoms. The molecule has 30 heavy (non-hydrogen) atoms. The first-order valence-corrected chi connectivity index (χ1v) is 10.6. The average molecular weight is 386 g/mol. The van der Waals surface area contributed by atoms with Crippen LogP contribution in [0.3, 0.4) is 0 Å². The van der Waals surface area contributed by atoms with Gasteiger partial charge in [0.2, 0.25) is 0 Å². The van der Waals surface area contributed by atoms with Gasteiger partial charge in [0.25, 0.3) is 0 Å². The Kier molecular flexibility index (Phi) is 3.64. The van der Waals surface area contributed by atoms with Crippen molar-refractivity contribution in [2.75, 3.05) is 0 Å². The number of nitrogens with zero attached hydrogens (tertiary/aromatic N) is 1. The Morgan fingerprint density at radius 1 is 0.667 bits per heavy atom. The normalized spacial score (nSPS) is 14.5. The molecule has 0 N–H and O–H groups in total. The largest absolute Gasteiger partial charge is 0.248 e. The second-order valence-electron chi connectivity index (χ2n) is 9.03. The first kappa shape index (κ1) is 17.4. The number of hydrogen-bond acceptors (Lipinski definition) is 1. The lowest BCUT2D eigenvalue weighted by molar-refractivity contribution is 0.548. The molecule has 0 saturated heterocycles. The van der Waals surface area contributed by atoms with E-state index in [1.807, 2.05) is 0 Å². The summed E-state index contributed by atoms with van der Waals surface area (Å²) in [7, 11) is 0. The van der Waals surface area contributed by atoms with Crippen LogP contribution in [-0.4, -0.2) is 4.98 Å². The van der Waals surface area contributed by atoms with E-state index in [9.17, 15) is 0 Å². The van der Waals surface area contributed by atoms with Gasteiger partial charge in [-0.2, -0.15) is 0 Å². The molecule has 0 fully saturated rings. The van der Waals surface area contributed by atoms with Crippen LogP contribution in [0.5, 0.6) is 0 Å². The van der Waals surface area contributed by atoms with Gasteiger partial charge in [0.05, 0.1) is 11.0 Å². The number of benzene rings is 4. The number of aromatic nitrogens is 1. The minimum Gasteiger partial charge on any atom is -0.248 e. The first-order chi connectivity index (χ1) is 14.6. The molecule has 0 unspecified atom stereocenters. The Morgan fingerprint density at radius 3 is 1.93 bits per heavy atom. The summed E-state index contributed by atoms with van der Waals surface area (Å²) < 4.78 is 0. The molecule has 0 saturated carbocycles. The summed E-state index contributed by atoms with van der Waals surface area (Å²) in [6.07, 6.45) is 1.12. The van der Waals surface area contributed by atoms with Crippen molar-refractivity contribution in [3.05, 3.63) is 102 Å². The Morgan fingerprint density at radius 2 is 1.27 bits per heavy atom. The molecule has 0 atom stereocenters. The van der Waals surface area contributed by atoms with Gasteiger partial charge in [0, 0.05) is 16.3 Å². The van der Waals surface area contributed by atoms with Crippen LogP contribution in [0.2, 0.25) is 0 Å². The molecule has 144 valence electrons. The highest BCUT2D eigenvalue weighted by atomic mass is 14.7. The van der Waals surface area contributed by atoms with E-state index in [-0.39, 0.29) is 5.41 Å². The van der Waals surface area contributed by atoms with Gasteiger partial charge in [-0.15, -0.1) is 0 Å². The summed E-state index contributed by atoms with van der Waals surface area (Å²) in [5.74, 6) is 0. The highest BCUT2D eigenvalue weighted by Crippen LogP contribution is 2.41. The third-order valence-corrected chi connectivity index (χ3v) is 6.59. The maximum atomic E-state index is 4.87. The molecule has 0 amide bonds. The van der Waals surface area contributed by atoms with Crippen LogP contribution in [0, 0.1) is 0 Å². The lowest BCUT2D eigenvalue weighted by Gasteiger charge is -2.17. The van der Waals surface area contributed by atoms with Crippen LogP contribution >= 0.6 is 0 Å². The lowest BCUT2D eigenvalue weighted by atomic mass is 9.87. The van der Waals surface area contributed by atoms with Crippen LogP contribution in [0.15, 0.2) is 91.0 Å². The molecular weight excluding hydrogens is 362 g/mol. The van der Waals surface area contributed by atoms with Crippen LogP contribution in [0.25, 0.3) is 44.1 Å². The van der Waals surface area contributed by atoms with E-state index >= 15 is 0 Å². The van der Waals surface area contributed by atoms with Gasteiger partial charge in [0.1, 0.15) is 0 Å². The van der Waals surface area contributed by atoms with E-state index in [1.54, 1.807) is 0 Å². The van der Waals surface area contributed by atoms with Gasteiger partial charge in [0.15, 0.2) is 0 Å². The number of para-hydroxylation sites is 2. The molecule has 1 heteroatoms. The van der Waals surface area contributed by atoms with E-state index in [2.05, 4.69) is 105 Å². The van der Waals surface area contributed by atoms with Crippen molar-refractivity contribution in [2.24, 2.45) is 0 Å². The SMILES string of the molecule is CC1(C)Cc2cc1ccc2-c1ccc(-c2c3ccccc3nc3ccccc23)cc1. The smallest absolute Gasteiger partial charge is 0.0715 e. The fraction of sp³-hybridized carbons (Fsp3) is 0.138. The van der Waals surface area contributed by atoms with Gasteiger partial charge in [-0.3, -0.25) is 0 Å². The summed E-state index contributed by atoms with van der Waals surface area (Å²) in [5.41, 5.74) is 10.4. The molecule has 1 aliphatic rings. The molecule has 0 radical (unpaired) electrons. The number of rotatable bonds is 2. The average Bonchev–Trinajstić information content (AvgIpc) is 3.00. The summed E-state index contributed by atoms with van der Waals surface area (Å²) in [6.45, 7) is 4.67.